The molecular formula is C12H21N3O2S. The first-order valence-corrected chi connectivity index (χ1v) is 6.99. The molecular weight excluding hydrogens is 250 g/mol. The largest absolute Gasteiger partial charge is 0.394 e. The number of hydrogen-bond donors (Lipinski definition) is 3. The first-order valence-electron chi connectivity index (χ1n) is 6.18. The monoisotopic (exact) mass is 271 g/mol. The van der Waals surface area contributed by atoms with Gasteiger partial charge in [-0.2, -0.15) is 0 Å². The van der Waals surface area contributed by atoms with E-state index in [1.807, 2.05) is 6.92 Å². The molecule has 0 aliphatic carbocycles. The topological polar surface area (TPSA) is 74.2 Å². The Morgan fingerprint density at radius 3 is 2.78 bits per heavy atom. The number of nitrogens with zero attached hydrogens (tertiary/aromatic N) is 1. The molecule has 1 atom stereocenters. The summed E-state index contributed by atoms with van der Waals surface area (Å²) in [5.41, 5.74) is 0. The van der Waals surface area contributed by atoms with Gasteiger partial charge in [0, 0.05) is 11.1 Å². The molecule has 0 aliphatic heterocycles. The number of aliphatic hydroxyl groups excluding tert-OH is 1. The summed E-state index contributed by atoms with van der Waals surface area (Å²) < 4.78 is 0. The fourth-order valence-corrected chi connectivity index (χ4v) is 2.34. The summed E-state index contributed by atoms with van der Waals surface area (Å²) in [4.78, 5) is 16.9. The van der Waals surface area contributed by atoms with Crippen LogP contribution in [0.2, 0.25) is 0 Å². The fourth-order valence-electron chi connectivity index (χ4n) is 1.60. The Balaban J connectivity index is 2.44. The lowest BCUT2D eigenvalue weighted by Crippen LogP contribution is -2.40. The predicted octanol–water partition coefficient (Wildman–Crippen LogP) is 2.23. The van der Waals surface area contributed by atoms with E-state index in [1.54, 1.807) is 6.20 Å². The van der Waals surface area contributed by atoms with E-state index in [4.69, 9.17) is 0 Å². The van der Waals surface area contributed by atoms with Crippen LogP contribution in [0.3, 0.4) is 0 Å². The number of carbonyl (C=O) groups excluding carboxylic acids is 1. The summed E-state index contributed by atoms with van der Waals surface area (Å²) in [7, 11) is 0. The maximum atomic E-state index is 11.7. The summed E-state index contributed by atoms with van der Waals surface area (Å²) in [5.74, 6) is 0.425. The highest BCUT2D eigenvalue weighted by molar-refractivity contribution is 7.15. The van der Waals surface area contributed by atoms with Crippen LogP contribution in [0.1, 0.15) is 32.1 Å². The van der Waals surface area contributed by atoms with Gasteiger partial charge in [-0.25, -0.2) is 9.78 Å². The standard InChI is InChI=1S/C12H21N3O2S/c1-4-10-6-13-12(18-10)15-11(17)14-9(7-16)5-8(2)3/h6,8-9,16H,4-5,7H2,1-3H3,(H2,13,14,15,17). The number of anilines is 1. The molecule has 1 unspecified atom stereocenters. The molecule has 0 radical (unpaired) electrons. The lowest BCUT2D eigenvalue weighted by atomic mass is 10.0. The van der Waals surface area contributed by atoms with Crippen molar-refractivity contribution in [1.29, 1.82) is 0 Å². The van der Waals surface area contributed by atoms with Crippen molar-refractivity contribution >= 4 is 22.5 Å². The number of thiazole rings is 1. The molecule has 1 aromatic heterocycles. The number of carbonyl (C=O) groups is 1. The molecule has 0 fully saturated rings. The minimum atomic E-state index is -0.313. The Morgan fingerprint density at radius 2 is 2.28 bits per heavy atom. The van der Waals surface area contributed by atoms with E-state index < -0.39 is 0 Å². The van der Waals surface area contributed by atoms with E-state index in [9.17, 15) is 9.90 Å². The van der Waals surface area contributed by atoms with E-state index in [1.165, 1.54) is 11.3 Å². The highest BCUT2D eigenvalue weighted by Crippen LogP contribution is 2.18. The second kappa shape index (κ2) is 7.33. The van der Waals surface area contributed by atoms with Crippen LogP contribution in [0.15, 0.2) is 6.20 Å². The number of aliphatic hydroxyl groups is 1. The Kier molecular flexibility index (Phi) is 6.07. The molecule has 0 aromatic carbocycles. The molecule has 5 nitrogen and oxygen atoms in total. The van der Waals surface area contributed by atoms with Crippen molar-refractivity contribution in [3.8, 4) is 0 Å². The second-order valence-corrected chi connectivity index (χ2v) is 5.71. The van der Waals surface area contributed by atoms with Crippen LogP contribution < -0.4 is 10.6 Å². The average molecular weight is 271 g/mol. The third kappa shape index (κ3) is 5.01. The number of amides is 2. The molecule has 1 heterocycles. The molecule has 0 aliphatic rings. The number of urea groups is 1. The summed E-state index contributed by atoms with van der Waals surface area (Å²) in [6, 6.07) is -0.526. The summed E-state index contributed by atoms with van der Waals surface area (Å²) in [5, 5.41) is 15.2. The van der Waals surface area contributed by atoms with Gasteiger partial charge < -0.3 is 10.4 Å². The maximum Gasteiger partial charge on any atom is 0.321 e. The second-order valence-electron chi connectivity index (χ2n) is 4.59. The van der Waals surface area contributed by atoms with Gasteiger partial charge in [0.1, 0.15) is 0 Å². The number of nitrogens with one attached hydrogen (secondary N) is 2. The third-order valence-electron chi connectivity index (χ3n) is 2.43. The lowest BCUT2D eigenvalue weighted by molar-refractivity contribution is 0.214. The predicted molar refractivity (Wildman–Crippen MR) is 74.0 cm³/mol. The minimum absolute atomic E-state index is 0.0519. The van der Waals surface area contributed by atoms with Crippen molar-refractivity contribution in [2.45, 2.75) is 39.7 Å². The van der Waals surface area contributed by atoms with E-state index in [0.717, 1.165) is 17.7 Å². The van der Waals surface area contributed by atoms with Gasteiger partial charge >= 0.3 is 6.03 Å². The molecule has 2 amide bonds. The van der Waals surface area contributed by atoms with Gasteiger partial charge in [-0.15, -0.1) is 11.3 Å². The molecule has 6 heteroatoms. The highest BCUT2D eigenvalue weighted by atomic mass is 32.1. The van der Waals surface area contributed by atoms with Crippen LogP contribution in [-0.2, 0) is 6.42 Å². The molecule has 0 bridgehead atoms. The van der Waals surface area contributed by atoms with Crippen LogP contribution >= 0.6 is 11.3 Å². The summed E-state index contributed by atoms with van der Waals surface area (Å²) >= 11 is 1.46. The van der Waals surface area contributed by atoms with Crippen molar-refractivity contribution in [3.63, 3.8) is 0 Å². The zero-order valence-corrected chi connectivity index (χ0v) is 11.9. The SMILES string of the molecule is CCc1cnc(NC(=O)NC(CO)CC(C)C)s1. The summed E-state index contributed by atoms with van der Waals surface area (Å²) in [6.45, 7) is 6.10. The van der Waals surface area contributed by atoms with E-state index in [2.05, 4.69) is 29.5 Å². The van der Waals surface area contributed by atoms with Gasteiger partial charge in [0.2, 0.25) is 0 Å². The smallest absolute Gasteiger partial charge is 0.321 e. The van der Waals surface area contributed by atoms with Crippen molar-refractivity contribution in [2.24, 2.45) is 5.92 Å². The van der Waals surface area contributed by atoms with E-state index in [-0.39, 0.29) is 18.7 Å². The Hall–Kier alpha value is -1.14. The van der Waals surface area contributed by atoms with Crippen molar-refractivity contribution in [1.82, 2.24) is 10.3 Å². The maximum absolute atomic E-state index is 11.7. The van der Waals surface area contributed by atoms with E-state index >= 15 is 0 Å². The van der Waals surface area contributed by atoms with Crippen molar-refractivity contribution in [2.75, 3.05) is 11.9 Å². The molecule has 0 saturated heterocycles. The number of rotatable bonds is 6. The fraction of sp³-hybridized carbons (Fsp3) is 0.667. The van der Waals surface area contributed by atoms with Crippen LogP contribution in [0.25, 0.3) is 0 Å². The molecule has 102 valence electrons. The lowest BCUT2D eigenvalue weighted by Gasteiger charge is -2.17. The summed E-state index contributed by atoms with van der Waals surface area (Å²) in [6.07, 6.45) is 3.42. The zero-order chi connectivity index (χ0) is 13.5. The molecule has 3 N–H and O–H groups in total. The van der Waals surface area contributed by atoms with E-state index in [0.29, 0.717) is 11.0 Å². The van der Waals surface area contributed by atoms with Crippen molar-refractivity contribution < 1.29 is 9.90 Å². The quantitative estimate of drug-likeness (QED) is 0.743. The molecule has 18 heavy (non-hydrogen) atoms. The highest BCUT2D eigenvalue weighted by Gasteiger charge is 2.13. The van der Waals surface area contributed by atoms with Gasteiger partial charge in [-0.3, -0.25) is 5.32 Å². The molecule has 0 saturated carbocycles. The first kappa shape index (κ1) is 14.9. The van der Waals surface area contributed by atoms with Gasteiger partial charge in [-0.1, -0.05) is 20.8 Å². The number of aromatic nitrogens is 1. The number of aryl methyl sites for hydroxylation is 1. The van der Waals surface area contributed by atoms with Gasteiger partial charge in [-0.05, 0) is 18.8 Å². The molecule has 0 spiro atoms. The van der Waals surface area contributed by atoms with Crippen LogP contribution in [-0.4, -0.2) is 28.8 Å². The zero-order valence-electron chi connectivity index (χ0n) is 11.1. The normalized spacial score (nSPS) is 12.5. The van der Waals surface area contributed by atoms with Crippen LogP contribution in [0.5, 0.6) is 0 Å². The Bertz CT molecular complexity index is 379. The average Bonchev–Trinajstić information content (AvgIpc) is 2.75. The minimum Gasteiger partial charge on any atom is -0.394 e. The van der Waals surface area contributed by atoms with Gasteiger partial charge in [0.15, 0.2) is 5.13 Å². The van der Waals surface area contributed by atoms with Crippen molar-refractivity contribution in [3.05, 3.63) is 11.1 Å². The molecule has 1 aromatic rings. The van der Waals surface area contributed by atoms with Gasteiger partial charge in [0.25, 0.3) is 0 Å². The Morgan fingerprint density at radius 1 is 1.56 bits per heavy atom. The third-order valence-corrected chi connectivity index (χ3v) is 3.49. The van der Waals surface area contributed by atoms with Crippen LogP contribution in [0.4, 0.5) is 9.93 Å². The Labute approximate surface area is 112 Å². The molecule has 1 rings (SSSR count). The number of hydrogen-bond acceptors (Lipinski definition) is 4. The first-order chi connectivity index (χ1) is 8.55. The van der Waals surface area contributed by atoms with Gasteiger partial charge in [0.05, 0.1) is 12.6 Å². The van der Waals surface area contributed by atoms with Crippen LogP contribution in [0, 0.1) is 5.92 Å².